The van der Waals surface area contributed by atoms with Crippen LogP contribution in [0.4, 0.5) is 5.69 Å². The molecule has 6 nitrogen and oxygen atoms in total. The zero-order chi connectivity index (χ0) is 20.9. The summed E-state index contributed by atoms with van der Waals surface area (Å²) in [5.41, 5.74) is 3.71. The SMILES string of the molecule is Cc1cccc(N2CCN(S(=O)(=O)c3ccc(-c4cnc(C5CC5)o4)s3)CC2)c1C. The van der Waals surface area contributed by atoms with E-state index in [0.29, 0.717) is 42.1 Å². The minimum Gasteiger partial charge on any atom is -0.440 e. The Hall–Kier alpha value is -2.16. The molecular formula is C22H25N3O3S2. The zero-order valence-corrected chi connectivity index (χ0v) is 18.8. The van der Waals surface area contributed by atoms with Crippen LogP contribution >= 0.6 is 11.3 Å². The molecule has 1 aliphatic heterocycles. The summed E-state index contributed by atoms with van der Waals surface area (Å²) in [5, 5.41) is 0. The summed E-state index contributed by atoms with van der Waals surface area (Å²) in [6, 6.07) is 9.79. The minimum atomic E-state index is -3.51. The van der Waals surface area contributed by atoms with Gasteiger partial charge in [-0.05, 0) is 56.0 Å². The van der Waals surface area contributed by atoms with Gasteiger partial charge in [0.25, 0.3) is 10.0 Å². The number of aromatic nitrogens is 1. The van der Waals surface area contributed by atoms with Crippen LogP contribution in [0.1, 0.15) is 35.8 Å². The third-order valence-corrected chi connectivity index (χ3v) is 9.49. The van der Waals surface area contributed by atoms with Gasteiger partial charge in [-0.1, -0.05) is 12.1 Å². The largest absolute Gasteiger partial charge is 0.440 e. The van der Waals surface area contributed by atoms with Crippen molar-refractivity contribution in [2.45, 2.75) is 36.8 Å². The molecule has 1 aliphatic carbocycles. The van der Waals surface area contributed by atoms with E-state index in [4.69, 9.17) is 4.42 Å². The van der Waals surface area contributed by atoms with Gasteiger partial charge in [0.1, 0.15) is 4.21 Å². The number of rotatable bonds is 5. The highest BCUT2D eigenvalue weighted by atomic mass is 32.2. The Morgan fingerprint density at radius 3 is 2.57 bits per heavy atom. The maximum atomic E-state index is 13.2. The summed E-state index contributed by atoms with van der Waals surface area (Å²) >= 11 is 1.26. The Bertz CT molecular complexity index is 1170. The van der Waals surface area contributed by atoms with Gasteiger partial charge in [0.05, 0.1) is 11.1 Å². The smallest absolute Gasteiger partial charge is 0.252 e. The summed E-state index contributed by atoms with van der Waals surface area (Å²) in [7, 11) is -3.51. The lowest BCUT2D eigenvalue weighted by atomic mass is 10.1. The van der Waals surface area contributed by atoms with E-state index < -0.39 is 10.0 Å². The predicted octanol–water partition coefficient (Wildman–Crippen LogP) is 4.41. The number of sulfonamides is 1. The highest BCUT2D eigenvalue weighted by Crippen LogP contribution is 2.41. The van der Waals surface area contributed by atoms with Gasteiger partial charge in [-0.15, -0.1) is 11.3 Å². The molecule has 2 fully saturated rings. The molecule has 0 radical (unpaired) electrons. The van der Waals surface area contributed by atoms with Gasteiger partial charge in [0.15, 0.2) is 11.7 Å². The van der Waals surface area contributed by atoms with Crippen LogP contribution in [-0.2, 0) is 10.0 Å². The molecule has 8 heteroatoms. The lowest BCUT2D eigenvalue weighted by Gasteiger charge is -2.36. The molecule has 1 saturated heterocycles. The summed E-state index contributed by atoms with van der Waals surface area (Å²) in [4.78, 5) is 7.43. The molecule has 1 aromatic carbocycles. The number of oxazole rings is 1. The molecule has 0 spiro atoms. The van der Waals surface area contributed by atoms with Crippen molar-refractivity contribution in [1.82, 2.24) is 9.29 Å². The van der Waals surface area contributed by atoms with Crippen molar-refractivity contribution >= 4 is 27.0 Å². The second kappa shape index (κ2) is 7.51. The molecule has 2 aromatic heterocycles. The van der Waals surface area contributed by atoms with E-state index in [9.17, 15) is 8.42 Å². The monoisotopic (exact) mass is 443 g/mol. The van der Waals surface area contributed by atoms with E-state index in [2.05, 4.69) is 41.9 Å². The van der Waals surface area contributed by atoms with Crippen LogP contribution < -0.4 is 4.90 Å². The summed E-state index contributed by atoms with van der Waals surface area (Å²) < 4.78 is 34.2. The number of benzene rings is 1. The van der Waals surface area contributed by atoms with Gasteiger partial charge >= 0.3 is 0 Å². The Morgan fingerprint density at radius 1 is 1.07 bits per heavy atom. The molecule has 158 valence electrons. The molecule has 0 amide bonds. The van der Waals surface area contributed by atoms with Gasteiger partial charge in [0, 0.05) is 37.8 Å². The third kappa shape index (κ3) is 3.57. The van der Waals surface area contributed by atoms with Gasteiger partial charge in [0.2, 0.25) is 0 Å². The first kappa shape index (κ1) is 19.8. The molecule has 0 atom stereocenters. The summed E-state index contributed by atoms with van der Waals surface area (Å²) in [5.74, 6) is 1.86. The molecule has 2 aliphatic rings. The predicted molar refractivity (Wildman–Crippen MR) is 119 cm³/mol. The van der Waals surface area contributed by atoms with E-state index >= 15 is 0 Å². The highest BCUT2D eigenvalue weighted by molar-refractivity contribution is 7.91. The first-order valence-corrected chi connectivity index (χ1v) is 12.6. The third-order valence-electron chi connectivity index (χ3n) is 6.02. The van der Waals surface area contributed by atoms with Crippen LogP contribution in [0.5, 0.6) is 0 Å². The van der Waals surface area contributed by atoms with Crippen molar-refractivity contribution in [1.29, 1.82) is 0 Å². The van der Waals surface area contributed by atoms with Gasteiger partial charge in [-0.2, -0.15) is 4.31 Å². The van der Waals surface area contributed by atoms with Crippen molar-refractivity contribution in [3.8, 4) is 10.6 Å². The van der Waals surface area contributed by atoms with Crippen LogP contribution in [0.25, 0.3) is 10.6 Å². The Labute approximate surface area is 181 Å². The van der Waals surface area contributed by atoms with E-state index in [0.717, 1.165) is 23.6 Å². The molecule has 0 bridgehead atoms. The van der Waals surface area contributed by atoms with Crippen molar-refractivity contribution < 1.29 is 12.8 Å². The van der Waals surface area contributed by atoms with Gasteiger partial charge in [-0.25, -0.2) is 13.4 Å². The van der Waals surface area contributed by atoms with Crippen molar-refractivity contribution in [3.63, 3.8) is 0 Å². The second-order valence-corrected chi connectivity index (χ2v) is 11.3. The minimum absolute atomic E-state index is 0.363. The Morgan fingerprint density at radius 2 is 1.83 bits per heavy atom. The summed E-state index contributed by atoms with van der Waals surface area (Å²) in [6.45, 7) is 6.58. The number of thiophene rings is 1. The van der Waals surface area contributed by atoms with Crippen molar-refractivity contribution in [2.24, 2.45) is 0 Å². The molecule has 1 saturated carbocycles. The van der Waals surface area contributed by atoms with Gasteiger partial charge in [-0.3, -0.25) is 0 Å². The maximum Gasteiger partial charge on any atom is 0.252 e. The molecule has 30 heavy (non-hydrogen) atoms. The number of hydrogen-bond acceptors (Lipinski definition) is 6. The van der Waals surface area contributed by atoms with E-state index in [-0.39, 0.29) is 0 Å². The second-order valence-electron chi connectivity index (χ2n) is 8.07. The fourth-order valence-corrected chi connectivity index (χ4v) is 6.72. The lowest BCUT2D eigenvalue weighted by Crippen LogP contribution is -2.48. The van der Waals surface area contributed by atoms with Gasteiger partial charge < -0.3 is 9.32 Å². The van der Waals surface area contributed by atoms with Crippen LogP contribution in [0, 0.1) is 13.8 Å². The lowest BCUT2D eigenvalue weighted by molar-refractivity contribution is 0.385. The van der Waals surface area contributed by atoms with Crippen LogP contribution in [0.3, 0.4) is 0 Å². The molecular weight excluding hydrogens is 418 g/mol. The Balaban J connectivity index is 1.30. The standard InChI is InChI=1S/C22H25N3O3S2/c1-15-4-3-5-18(16(15)2)24-10-12-25(13-11-24)30(26,27)21-9-8-20(29-21)19-14-23-22(28-19)17-6-7-17/h3-5,8-9,14,17H,6-7,10-13H2,1-2H3. The molecule has 0 N–H and O–H groups in total. The van der Waals surface area contributed by atoms with E-state index in [1.807, 2.05) is 6.07 Å². The van der Waals surface area contributed by atoms with Crippen LogP contribution in [-0.4, -0.2) is 43.9 Å². The number of hydrogen-bond donors (Lipinski definition) is 0. The number of piperazine rings is 1. The highest BCUT2D eigenvalue weighted by Gasteiger charge is 2.31. The molecule has 0 unspecified atom stereocenters. The first-order chi connectivity index (χ1) is 14.4. The fraction of sp³-hybridized carbons (Fsp3) is 0.409. The van der Waals surface area contributed by atoms with Crippen LogP contribution in [0.15, 0.2) is 45.2 Å². The molecule has 3 heterocycles. The molecule has 3 aromatic rings. The zero-order valence-electron chi connectivity index (χ0n) is 17.2. The number of aryl methyl sites for hydroxylation is 1. The average molecular weight is 444 g/mol. The summed E-state index contributed by atoms with van der Waals surface area (Å²) in [6.07, 6.45) is 3.95. The Kier molecular flexibility index (Phi) is 4.95. The topological polar surface area (TPSA) is 66.7 Å². The molecule has 5 rings (SSSR count). The number of nitrogens with zero attached hydrogens (tertiary/aromatic N) is 3. The average Bonchev–Trinajstić information content (AvgIpc) is 3.26. The normalized spacial score (nSPS) is 18.1. The fourth-order valence-electron chi connectivity index (χ4n) is 3.89. The van der Waals surface area contributed by atoms with Crippen molar-refractivity contribution in [2.75, 3.05) is 31.1 Å². The van der Waals surface area contributed by atoms with Crippen molar-refractivity contribution in [3.05, 3.63) is 53.5 Å². The quantitative estimate of drug-likeness (QED) is 0.584. The van der Waals surface area contributed by atoms with Crippen LogP contribution in [0.2, 0.25) is 0 Å². The number of anilines is 1. The first-order valence-electron chi connectivity index (χ1n) is 10.3. The van der Waals surface area contributed by atoms with E-state index in [1.54, 1.807) is 16.6 Å². The van der Waals surface area contributed by atoms with E-state index in [1.165, 1.54) is 28.2 Å². The maximum absolute atomic E-state index is 13.2.